The van der Waals surface area contributed by atoms with Crippen molar-refractivity contribution in [1.82, 2.24) is 14.9 Å². The van der Waals surface area contributed by atoms with Gasteiger partial charge in [-0.25, -0.2) is 0 Å². The molecule has 1 heterocycles. The Morgan fingerprint density at radius 2 is 2.05 bits per heavy atom. The van der Waals surface area contributed by atoms with E-state index in [4.69, 9.17) is 6.42 Å². The maximum Gasteiger partial charge on any atom is 0.254 e. The molecule has 0 radical (unpaired) electrons. The van der Waals surface area contributed by atoms with E-state index in [1.54, 1.807) is 29.4 Å². The van der Waals surface area contributed by atoms with Gasteiger partial charge in [0.1, 0.15) is 0 Å². The van der Waals surface area contributed by atoms with Gasteiger partial charge in [-0.1, -0.05) is 5.92 Å². The van der Waals surface area contributed by atoms with Crippen LogP contribution in [0, 0.1) is 18.3 Å². The largest absolute Gasteiger partial charge is 0.327 e. The summed E-state index contributed by atoms with van der Waals surface area (Å²) in [6.07, 6.45) is 11.0. The molecule has 0 spiro atoms. The van der Waals surface area contributed by atoms with E-state index in [2.05, 4.69) is 15.9 Å². The third kappa shape index (κ3) is 2.62. The first-order chi connectivity index (χ1) is 9.78. The average molecular weight is 265 g/mol. The fraction of sp³-hybridized carbons (Fsp3) is 0.312. The number of amides is 1. The van der Waals surface area contributed by atoms with Crippen LogP contribution in [0.2, 0.25) is 0 Å². The molecule has 1 amide bonds. The first kappa shape index (κ1) is 12.6. The number of carbonyl (C=O) groups excluding carboxylic acids is 1. The van der Waals surface area contributed by atoms with Gasteiger partial charge in [0, 0.05) is 24.5 Å². The molecule has 0 aliphatic heterocycles. The molecule has 4 heteroatoms. The molecule has 100 valence electrons. The zero-order chi connectivity index (χ0) is 13.9. The van der Waals surface area contributed by atoms with Gasteiger partial charge in [0.05, 0.1) is 17.6 Å². The molecule has 0 bridgehead atoms. The Labute approximate surface area is 117 Å². The number of carbonyl (C=O) groups is 1. The predicted octanol–water partition coefficient (Wildman–Crippen LogP) is 2.12. The Morgan fingerprint density at radius 1 is 1.30 bits per heavy atom. The van der Waals surface area contributed by atoms with Crippen LogP contribution >= 0.6 is 0 Å². The number of nitrogens with zero attached hydrogens (tertiary/aromatic N) is 3. The minimum absolute atomic E-state index is 0.0256. The van der Waals surface area contributed by atoms with E-state index in [1.165, 1.54) is 12.8 Å². The zero-order valence-electron chi connectivity index (χ0n) is 11.1. The summed E-state index contributed by atoms with van der Waals surface area (Å²) in [6.45, 7) is 1.11. The van der Waals surface area contributed by atoms with Crippen molar-refractivity contribution in [2.24, 2.45) is 5.92 Å². The normalized spacial score (nSPS) is 13.9. The maximum atomic E-state index is 12.5. The minimum atomic E-state index is -0.0256. The Kier molecular flexibility index (Phi) is 3.34. The molecule has 20 heavy (non-hydrogen) atoms. The monoisotopic (exact) mass is 265 g/mol. The van der Waals surface area contributed by atoms with Gasteiger partial charge in [-0.3, -0.25) is 14.8 Å². The van der Waals surface area contributed by atoms with E-state index in [0.29, 0.717) is 18.0 Å². The lowest BCUT2D eigenvalue weighted by molar-refractivity contribution is 0.0770. The molecule has 0 atom stereocenters. The van der Waals surface area contributed by atoms with Crippen LogP contribution in [0.5, 0.6) is 0 Å². The maximum absolute atomic E-state index is 12.5. The van der Waals surface area contributed by atoms with Crippen LogP contribution in [-0.4, -0.2) is 33.9 Å². The Morgan fingerprint density at radius 3 is 2.75 bits per heavy atom. The highest BCUT2D eigenvalue weighted by Crippen LogP contribution is 2.30. The van der Waals surface area contributed by atoms with E-state index in [1.807, 2.05) is 6.07 Å². The summed E-state index contributed by atoms with van der Waals surface area (Å²) in [6, 6.07) is 5.39. The molecule has 0 unspecified atom stereocenters. The number of hydrogen-bond acceptors (Lipinski definition) is 3. The number of hydrogen-bond donors (Lipinski definition) is 0. The Hall–Kier alpha value is -2.41. The second-order valence-electron chi connectivity index (χ2n) is 5.09. The minimum Gasteiger partial charge on any atom is -0.327 e. The van der Waals surface area contributed by atoms with Gasteiger partial charge in [0.25, 0.3) is 5.91 Å². The average Bonchev–Trinajstić information content (AvgIpc) is 3.29. The highest BCUT2D eigenvalue weighted by atomic mass is 16.2. The molecular weight excluding hydrogens is 250 g/mol. The summed E-state index contributed by atoms with van der Waals surface area (Å²) in [7, 11) is 0. The quantitative estimate of drug-likeness (QED) is 0.795. The lowest BCUT2D eigenvalue weighted by atomic mass is 10.1. The third-order valence-corrected chi connectivity index (χ3v) is 3.46. The van der Waals surface area contributed by atoms with Crippen LogP contribution in [0.25, 0.3) is 11.0 Å². The molecule has 3 rings (SSSR count). The molecular formula is C16H15N3O. The van der Waals surface area contributed by atoms with Crippen LogP contribution in [0.3, 0.4) is 0 Å². The van der Waals surface area contributed by atoms with Gasteiger partial charge < -0.3 is 4.90 Å². The smallest absolute Gasteiger partial charge is 0.254 e. The summed E-state index contributed by atoms with van der Waals surface area (Å²) in [5, 5.41) is 0. The molecule has 1 fully saturated rings. The van der Waals surface area contributed by atoms with Gasteiger partial charge >= 0.3 is 0 Å². The Balaban J connectivity index is 1.87. The van der Waals surface area contributed by atoms with E-state index in [9.17, 15) is 4.79 Å². The lowest BCUT2D eigenvalue weighted by Gasteiger charge is -2.20. The topological polar surface area (TPSA) is 46.1 Å². The van der Waals surface area contributed by atoms with Gasteiger partial charge in [0.15, 0.2) is 0 Å². The summed E-state index contributed by atoms with van der Waals surface area (Å²) in [4.78, 5) is 22.7. The molecule has 1 aliphatic rings. The van der Waals surface area contributed by atoms with Crippen LogP contribution < -0.4 is 0 Å². The molecule has 1 aromatic carbocycles. The highest BCUT2D eigenvalue weighted by Gasteiger charge is 2.27. The van der Waals surface area contributed by atoms with E-state index < -0.39 is 0 Å². The molecule has 2 aromatic rings. The third-order valence-electron chi connectivity index (χ3n) is 3.46. The predicted molar refractivity (Wildman–Crippen MR) is 77.0 cm³/mol. The summed E-state index contributed by atoms with van der Waals surface area (Å²) >= 11 is 0. The summed E-state index contributed by atoms with van der Waals surface area (Å²) in [5.74, 6) is 3.16. The van der Waals surface area contributed by atoms with Crippen molar-refractivity contribution in [1.29, 1.82) is 0 Å². The van der Waals surface area contributed by atoms with Crippen LogP contribution in [0.4, 0.5) is 0 Å². The fourth-order valence-corrected chi connectivity index (χ4v) is 2.22. The SMILES string of the molecule is C#CCN(CC1CC1)C(=O)c1ccc2nccnc2c1. The zero-order valence-corrected chi connectivity index (χ0v) is 11.1. The Bertz CT molecular complexity index is 685. The number of benzene rings is 1. The van der Waals surface area contributed by atoms with Crippen molar-refractivity contribution < 1.29 is 4.79 Å². The van der Waals surface area contributed by atoms with E-state index in [0.717, 1.165) is 17.6 Å². The van der Waals surface area contributed by atoms with Gasteiger partial charge in [-0.15, -0.1) is 6.42 Å². The highest BCUT2D eigenvalue weighted by molar-refractivity contribution is 5.97. The van der Waals surface area contributed by atoms with Crippen molar-refractivity contribution >= 4 is 16.9 Å². The molecule has 0 N–H and O–H groups in total. The first-order valence-electron chi connectivity index (χ1n) is 6.71. The van der Waals surface area contributed by atoms with Crippen molar-refractivity contribution in [3.05, 3.63) is 36.2 Å². The molecule has 1 saturated carbocycles. The van der Waals surface area contributed by atoms with Crippen LogP contribution in [0.15, 0.2) is 30.6 Å². The second-order valence-corrected chi connectivity index (χ2v) is 5.09. The first-order valence-corrected chi connectivity index (χ1v) is 6.71. The number of terminal acetylenes is 1. The lowest BCUT2D eigenvalue weighted by Crippen LogP contribution is -2.33. The summed E-state index contributed by atoms with van der Waals surface area (Å²) < 4.78 is 0. The molecule has 0 saturated heterocycles. The van der Waals surface area contributed by atoms with Crippen LogP contribution in [-0.2, 0) is 0 Å². The van der Waals surface area contributed by atoms with E-state index >= 15 is 0 Å². The fourth-order valence-electron chi connectivity index (χ4n) is 2.22. The van der Waals surface area contributed by atoms with Crippen molar-refractivity contribution in [3.8, 4) is 12.3 Å². The molecule has 4 nitrogen and oxygen atoms in total. The molecule has 1 aliphatic carbocycles. The van der Waals surface area contributed by atoms with Gasteiger partial charge in [-0.05, 0) is 37.0 Å². The van der Waals surface area contributed by atoms with E-state index in [-0.39, 0.29) is 5.91 Å². The van der Waals surface area contributed by atoms with Gasteiger partial charge in [0.2, 0.25) is 0 Å². The van der Waals surface area contributed by atoms with Crippen molar-refractivity contribution in [2.75, 3.05) is 13.1 Å². The standard InChI is InChI=1S/C16H15N3O/c1-2-9-19(11-12-3-4-12)16(20)13-5-6-14-15(10-13)18-8-7-17-14/h1,5-8,10,12H,3-4,9,11H2. The number of rotatable bonds is 4. The van der Waals surface area contributed by atoms with Crippen molar-refractivity contribution in [3.63, 3.8) is 0 Å². The second kappa shape index (κ2) is 5.30. The number of aromatic nitrogens is 2. The number of fused-ring (bicyclic) bond motifs is 1. The van der Waals surface area contributed by atoms with Crippen molar-refractivity contribution in [2.45, 2.75) is 12.8 Å². The van der Waals surface area contributed by atoms with Gasteiger partial charge in [-0.2, -0.15) is 0 Å². The summed E-state index contributed by atoms with van der Waals surface area (Å²) in [5.41, 5.74) is 2.13. The van der Waals surface area contributed by atoms with Crippen LogP contribution in [0.1, 0.15) is 23.2 Å². The molecule has 1 aromatic heterocycles.